The number of benzene rings is 2. The average Bonchev–Trinajstić information content (AvgIpc) is 2.86. The van der Waals surface area contributed by atoms with Gasteiger partial charge in [-0.1, -0.05) is 18.2 Å². The minimum atomic E-state index is 0.704. The summed E-state index contributed by atoms with van der Waals surface area (Å²) in [6, 6.07) is 15.4. The summed E-state index contributed by atoms with van der Waals surface area (Å²) in [7, 11) is 0. The lowest BCUT2D eigenvalue weighted by molar-refractivity contribution is 0.155. The zero-order valence-corrected chi connectivity index (χ0v) is 19.9. The monoisotopic (exact) mass is 444 g/mol. The van der Waals surface area contributed by atoms with E-state index < -0.39 is 0 Å². The van der Waals surface area contributed by atoms with Gasteiger partial charge in [0.15, 0.2) is 0 Å². The molecule has 2 aliphatic rings. The number of aromatic nitrogens is 2. The Morgan fingerprint density at radius 3 is 2.64 bits per heavy atom. The molecule has 3 heterocycles. The predicted molar refractivity (Wildman–Crippen MR) is 135 cm³/mol. The van der Waals surface area contributed by atoms with Gasteiger partial charge in [-0.05, 0) is 94.3 Å². The van der Waals surface area contributed by atoms with Crippen LogP contribution in [0.4, 0.5) is 5.69 Å². The quantitative estimate of drug-likeness (QED) is 0.497. The number of rotatable bonds is 7. The Bertz CT molecular complexity index is 1050. The minimum Gasteiger partial charge on any atom is -0.491 e. The third-order valence-electron chi connectivity index (χ3n) is 7.23. The van der Waals surface area contributed by atoms with Crippen LogP contribution in [0.1, 0.15) is 43.5 Å². The zero-order chi connectivity index (χ0) is 22.5. The lowest BCUT2D eigenvalue weighted by Crippen LogP contribution is -2.37. The summed E-state index contributed by atoms with van der Waals surface area (Å²) in [5, 5.41) is 0.994. The lowest BCUT2D eigenvalue weighted by atomic mass is 9.90. The summed E-state index contributed by atoms with van der Waals surface area (Å²) < 4.78 is 6.13. The van der Waals surface area contributed by atoms with Gasteiger partial charge < -0.3 is 9.64 Å². The Balaban J connectivity index is 1.08. The van der Waals surface area contributed by atoms with Gasteiger partial charge in [0.1, 0.15) is 18.2 Å². The van der Waals surface area contributed by atoms with Crippen LogP contribution in [0.25, 0.3) is 10.9 Å². The van der Waals surface area contributed by atoms with E-state index in [1.807, 2.05) is 31.3 Å². The SMILES string of the molecule is Cc1ncc2c(OCCN3CCC(Cc4cccc(N5CCCCC5)c4)CC3)cccc2n1. The van der Waals surface area contributed by atoms with Crippen LogP contribution in [0, 0.1) is 12.8 Å². The Morgan fingerprint density at radius 1 is 0.970 bits per heavy atom. The smallest absolute Gasteiger partial charge is 0.130 e. The average molecular weight is 445 g/mol. The molecule has 0 N–H and O–H groups in total. The van der Waals surface area contributed by atoms with Crippen molar-refractivity contribution in [2.45, 2.75) is 45.4 Å². The number of nitrogens with zero attached hydrogens (tertiary/aromatic N) is 4. The van der Waals surface area contributed by atoms with Gasteiger partial charge in [0.2, 0.25) is 0 Å². The molecule has 5 heteroatoms. The van der Waals surface area contributed by atoms with Gasteiger partial charge in [0.25, 0.3) is 0 Å². The van der Waals surface area contributed by atoms with E-state index in [1.54, 1.807) is 0 Å². The summed E-state index contributed by atoms with van der Waals surface area (Å²) in [6.45, 7) is 8.36. The highest BCUT2D eigenvalue weighted by molar-refractivity contribution is 5.84. The summed E-state index contributed by atoms with van der Waals surface area (Å²) in [5.41, 5.74) is 3.88. The molecular formula is C28H36N4O. The maximum absolute atomic E-state index is 6.13. The van der Waals surface area contributed by atoms with Gasteiger partial charge >= 0.3 is 0 Å². The number of piperidine rings is 2. The standard InChI is InChI=1S/C28H36N4O/c1-22-29-21-26-27(30-22)9-6-10-28(26)33-18-17-31-15-11-23(12-16-31)19-24-7-5-8-25(20-24)32-13-3-2-4-14-32/h5-10,20-21,23H,2-4,11-19H2,1H3. The van der Waals surface area contributed by atoms with Crippen molar-refractivity contribution < 1.29 is 4.74 Å². The second-order valence-electron chi connectivity index (χ2n) is 9.66. The van der Waals surface area contributed by atoms with Crippen LogP contribution in [-0.2, 0) is 6.42 Å². The van der Waals surface area contributed by atoms with Crippen LogP contribution in [0.15, 0.2) is 48.7 Å². The van der Waals surface area contributed by atoms with E-state index in [4.69, 9.17) is 4.74 Å². The van der Waals surface area contributed by atoms with Crippen molar-refractivity contribution in [2.75, 3.05) is 44.2 Å². The molecule has 0 aliphatic carbocycles. The molecule has 2 aromatic carbocycles. The van der Waals surface area contributed by atoms with E-state index in [0.29, 0.717) is 6.61 Å². The fourth-order valence-corrected chi connectivity index (χ4v) is 5.31. The largest absolute Gasteiger partial charge is 0.491 e. The van der Waals surface area contributed by atoms with Crippen molar-refractivity contribution in [1.29, 1.82) is 0 Å². The second kappa shape index (κ2) is 10.5. The minimum absolute atomic E-state index is 0.704. The van der Waals surface area contributed by atoms with Crippen molar-refractivity contribution in [2.24, 2.45) is 5.92 Å². The maximum atomic E-state index is 6.13. The third-order valence-corrected chi connectivity index (χ3v) is 7.23. The van der Waals surface area contributed by atoms with Gasteiger partial charge in [-0.15, -0.1) is 0 Å². The second-order valence-corrected chi connectivity index (χ2v) is 9.66. The van der Waals surface area contributed by atoms with Crippen molar-refractivity contribution in [3.63, 3.8) is 0 Å². The van der Waals surface area contributed by atoms with E-state index in [9.17, 15) is 0 Å². The molecule has 0 amide bonds. The van der Waals surface area contributed by atoms with Gasteiger partial charge in [-0.3, -0.25) is 4.90 Å². The Labute approximate surface area is 197 Å². The van der Waals surface area contributed by atoms with E-state index in [2.05, 4.69) is 44.0 Å². The molecule has 5 rings (SSSR count). The number of ether oxygens (including phenoxy) is 1. The third kappa shape index (κ3) is 5.64. The molecule has 33 heavy (non-hydrogen) atoms. The number of hydrogen-bond acceptors (Lipinski definition) is 5. The fraction of sp³-hybridized carbons (Fsp3) is 0.500. The van der Waals surface area contributed by atoms with E-state index in [0.717, 1.165) is 48.0 Å². The first kappa shape index (κ1) is 22.1. The van der Waals surface area contributed by atoms with Crippen molar-refractivity contribution >= 4 is 16.6 Å². The van der Waals surface area contributed by atoms with Crippen molar-refractivity contribution in [1.82, 2.24) is 14.9 Å². The highest BCUT2D eigenvalue weighted by Gasteiger charge is 2.20. The maximum Gasteiger partial charge on any atom is 0.130 e. The predicted octanol–water partition coefficient (Wildman–Crippen LogP) is 5.26. The van der Waals surface area contributed by atoms with Crippen LogP contribution in [-0.4, -0.2) is 54.2 Å². The van der Waals surface area contributed by atoms with Crippen LogP contribution >= 0.6 is 0 Å². The first-order valence-electron chi connectivity index (χ1n) is 12.7. The zero-order valence-electron chi connectivity index (χ0n) is 19.9. The van der Waals surface area contributed by atoms with Crippen LogP contribution in [0.2, 0.25) is 0 Å². The number of anilines is 1. The van der Waals surface area contributed by atoms with Crippen molar-refractivity contribution in [3.05, 3.63) is 60.0 Å². The van der Waals surface area contributed by atoms with Gasteiger partial charge in [-0.25, -0.2) is 9.97 Å². The van der Waals surface area contributed by atoms with E-state index >= 15 is 0 Å². The van der Waals surface area contributed by atoms with Crippen LogP contribution < -0.4 is 9.64 Å². The molecular weight excluding hydrogens is 408 g/mol. The van der Waals surface area contributed by atoms with Crippen LogP contribution in [0.5, 0.6) is 5.75 Å². The molecule has 2 saturated heterocycles. The molecule has 0 unspecified atom stereocenters. The summed E-state index contributed by atoms with van der Waals surface area (Å²) >= 11 is 0. The fourth-order valence-electron chi connectivity index (χ4n) is 5.31. The first-order valence-corrected chi connectivity index (χ1v) is 12.7. The topological polar surface area (TPSA) is 41.5 Å². The number of hydrogen-bond donors (Lipinski definition) is 0. The first-order chi connectivity index (χ1) is 16.2. The Morgan fingerprint density at radius 2 is 1.79 bits per heavy atom. The highest BCUT2D eigenvalue weighted by atomic mass is 16.5. The van der Waals surface area contributed by atoms with Crippen LogP contribution in [0.3, 0.4) is 0 Å². The number of fused-ring (bicyclic) bond motifs is 1. The molecule has 5 nitrogen and oxygen atoms in total. The lowest BCUT2D eigenvalue weighted by Gasteiger charge is -2.32. The molecule has 0 spiro atoms. The molecule has 3 aromatic rings. The molecule has 174 valence electrons. The molecule has 0 atom stereocenters. The van der Waals surface area contributed by atoms with E-state index in [-0.39, 0.29) is 0 Å². The molecule has 0 bridgehead atoms. The summed E-state index contributed by atoms with van der Waals surface area (Å²) in [5.74, 6) is 2.47. The Kier molecular flexibility index (Phi) is 7.06. The van der Waals surface area contributed by atoms with Gasteiger partial charge in [-0.2, -0.15) is 0 Å². The molecule has 2 fully saturated rings. The number of likely N-dealkylation sites (tertiary alicyclic amines) is 1. The summed E-state index contributed by atoms with van der Waals surface area (Å²) in [6.07, 6.45) is 9.68. The highest BCUT2D eigenvalue weighted by Crippen LogP contribution is 2.26. The van der Waals surface area contributed by atoms with Gasteiger partial charge in [0, 0.05) is 31.5 Å². The molecule has 0 radical (unpaired) electrons. The molecule has 1 aromatic heterocycles. The Hall–Kier alpha value is -2.66. The number of aryl methyl sites for hydroxylation is 1. The molecule has 0 saturated carbocycles. The van der Waals surface area contributed by atoms with Gasteiger partial charge in [0.05, 0.1) is 10.9 Å². The van der Waals surface area contributed by atoms with Crippen molar-refractivity contribution in [3.8, 4) is 5.75 Å². The summed E-state index contributed by atoms with van der Waals surface area (Å²) in [4.78, 5) is 14.0. The molecule has 2 aliphatic heterocycles. The normalized spacial score (nSPS) is 18.0. The van der Waals surface area contributed by atoms with E-state index in [1.165, 1.54) is 62.9 Å².